The van der Waals surface area contributed by atoms with E-state index in [1.807, 2.05) is 6.07 Å². The number of rotatable bonds is 3. The highest BCUT2D eigenvalue weighted by molar-refractivity contribution is 7.89. The lowest BCUT2D eigenvalue weighted by atomic mass is 10.3. The summed E-state index contributed by atoms with van der Waals surface area (Å²) in [5.41, 5.74) is -0.968. The van der Waals surface area contributed by atoms with Crippen LogP contribution in [0.1, 0.15) is 12.8 Å². The molecule has 0 radical (unpaired) electrons. The van der Waals surface area contributed by atoms with Crippen LogP contribution >= 0.6 is 23.2 Å². The highest BCUT2D eigenvalue weighted by Crippen LogP contribution is 2.37. The van der Waals surface area contributed by atoms with Crippen LogP contribution in [0.2, 0.25) is 10.0 Å². The van der Waals surface area contributed by atoms with Crippen molar-refractivity contribution in [2.75, 3.05) is 0 Å². The van der Waals surface area contributed by atoms with E-state index in [0.29, 0.717) is 12.8 Å². The second-order valence-electron chi connectivity index (χ2n) is 3.85. The summed E-state index contributed by atoms with van der Waals surface area (Å²) in [4.78, 5) is -0.104. The second-order valence-corrected chi connectivity index (χ2v) is 6.29. The fourth-order valence-electron chi connectivity index (χ4n) is 1.37. The van der Waals surface area contributed by atoms with Gasteiger partial charge in [0, 0.05) is 0 Å². The molecule has 17 heavy (non-hydrogen) atoms. The van der Waals surface area contributed by atoms with Gasteiger partial charge < -0.3 is 0 Å². The van der Waals surface area contributed by atoms with E-state index in [1.54, 1.807) is 0 Å². The third kappa shape index (κ3) is 2.40. The highest BCUT2D eigenvalue weighted by Gasteiger charge is 2.47. The van der Waals surface area contributed by atoms with Crippen molar-refractivity contribution in [1.29, 1.82) is 5.26 Å². The second kappa shape index (κ2) is 4.14. The predicted molar refractivity (Wildman–Crippen MR) is 64.4 cm³/mol. The summed E-state index contributed by atoms with van der Waals surface area (Å²) < 4.78 is 26.4. The van der Waals surface area contributed by atoms with E-state index in [9.17, 15) is 8.42 Å². The Morgan fingerprint density at radius 2 is 2.00 bits per heavy atom. The topological polar surface area (TPSA) is 70.0 Å². The first-order valence-electron chi connectivity index (χ1n) is 4.79. The summed E-state index contributed by atoms with van der Waals surface area (Å²) in [6.45, 7) is 0. The number of nitrogens with one attached hydrogen (secondary N) is 1. The number of halogens is 2. The van der Waals surface area contributed by atoms with Gasteiger partial charge in [-0.25, -0.2) is 8.42 Å². The molecule has 0 heterocycles. The van der Waals surface area contributed by atoms with Gasteiger partial charge in [0.05, 0.1) is 16.1 Å². The van der Waals surface area contributed by atoms with Gasteiger partial charge in [-0.05, 0) is 25.0 Å². The van der Waals surface area contributed by atoms with Gasteiger partial charge in [0.15, 0.2) is 0 Å². The van der Waals surface area contributed by atoms with Gasteiger partial charge in [-0.15, -0.1) is 0 Å². The molecule has 0 spiro atoms. The SMILES string of the molecule is N#CC1(NS(=O)(=O)c2cccc(Cl)c2Cl)CC1. The molecule has 90 valence electrons. The van der Waals surface area contributed by atoms with E-state index in [2.05, 4.69) is 4.72 Å². The van der Waals surface area contributed by atoms with Crippen molar-refractivity contribution in [2.24, 2.45) is 0 Å². The average Bonchev–Trinajstić information content (AvgIpc) is 3.01. The van der Waals surface area contributed by atoms with Gasteiger partial charge in [-0.2, -0.15) is 9.98 Å². The van der Waals surface area contributed by atoms with Gasteiger partial charge in [-0.3, -0.25) is 0 Å². The summed E-state index contributed by atoms with van der Waals surface area (Å²) in [7, 11) is -3.81. The zero-order valence-electron chi connectivity index (χ0n) is 8.57. The Labute approximate surface area is 109 Å². The Balaban J connectivity index is 2.40. The van der Waals surface area contributed by atoms with Crippen LogP contribution in [-0.4, -0.2) is 14.0 Å². The summed E-state index contributed by atoms with van der Waals surface area (Å²) in [5, 5.41) is 8.99. The molecule has 1 saturated carbocycles. The first-order valence-corrected chi connectivity index (χ1v) is 7.03. The van der Waals surface area contributed by atoms with Crippen molar-refractivity contribution in [3.8, 4) is 6.07 Å². The molecule has 0 aromatic heterocycles. The highest BCUT2D eigenvalue weighted by atomic mass is 35.5. The number of nitrogens with zero attached hydrogens (tertiary/aromatic N) is 1. The number of nitriles is 1. The molecule has 1 aliphatic carbocycles. The largest absolute Gasteiger partial charge is 0.243 e. The number of hydrogen-bond donors (Lipinski definition) is 1. The molecule has 2 rings (SSSR count). The maximum absolute atomic E-state index is 12.0. The summed E-state index contributed by atoms with van der Waals surface area (Å²) in [5.74, 6) is 0. The van der Waals surface area contributed by atoms with Crippen molar-refractivity contribution >= 4 is 33.2 Å². The van der Waals surface area contributed by atoms with Crippen LogP contribution in [0.3, 0.4) is 0 Å². The third-order valence-corrected chi connectivity index (χ3v) is 5.01. The molecule has 1 N–H and O–H groups in total. The Morgan fingerprint density at radius 1 is 1.35 bits per heavy atom. The fraction of sp³-hybridized carbons (Fsp3) is 0.300. The van der Waals surface area contributed by atoms with Gasteiger partial charge in [-0.1, -0.05) is 29.3 Å². The molecule has 0 amide bonds. The van der Waals surface area contributed by atoms with Crippen LogP contribution in [0.4, 0.5) is 0 Å². The minimum Gasteiger partial charge on any atom is -0.207 e. The molecule has 0 unspecified atom stereocenters. The smallest absolute Gasteiger partial charge is 0.207 e. The number of hydrogen-bond acceptors (Lipinski definition) is 3. The van der Waals surface area contributed by atoms with Crippen molar-refractivity contribution in [3.05, 3.63) is 28.2 Å². The molecule has 0 aliphatic heterocycles. The van der Waals surface area contributed by atoms with E-state index in [1.165, 1.54) is 18.2 Å². The van der Waals surface area contributed by atoms with Crippen LogP contribution in [-0.2, 0) is 10.0 Å². The zero-order valence-corrected chi connectivity index (χ0v) is 10.9. The summed E-state index contributed by atoms with van der Waals surface area (Å²) in [6.07, 6.45) is 1.03. The van der Waals surface area contributed by atoms with Gasteiger partial charge in [0.2, 0.25) is 10.0 Å². The first-order chi connectivity index (χ1) is 7.90. The fourth-order valence-corrected chi connectivity index (χ4v) is 3.50. The minimum absolute atomic E-state index is 0.0320. The quantitative estimate of drug-likeness (QED) is 0.929. The van der Waals surface area contributed by atoms with Gasteiger partial charge >= 0.3 is 0 Å². The van der Waals surface area contributed by atoms with E-state index in [4.69, 9.17) is 28.5 Å². The van der Waals surface area contributed by atoms with E-state index in [0.717, 1.165) is 0 Å². The molecule has 1 aromatic carbocycles. The van der Waals surface area contributed by atoms with Crippen molar-refractivity contribution < 1.29 is 8.42 Å². The molecule has 4 nitrogen and oxygen atoms in total. The molecule has 0 atom stereocenters. The molecule has 0 bridgehead atoms. The lowest BCUT2D eigenvalue weighted by molar-refractivity contribution is 0.571. The predicted octanol–water partition coefficient (Wildman–Crippen LogP) is 2.33. The van der Waals surface area contributed by atoms with E-state index in [-0.39, 0.29) is 14.9 Å². The van der Waals surface area contributed by atoms with Crippen molar-refractivity contribution in [1.82, 2.24) is 4.72 Å². The Hall–Kier alpha value is -0.800. The third-order valence-electron chi connectivity index (χ3n) is 2.50. The normalized spacial score (nSPS) is 17.5. The van der Waals surface area contributed by atoms with Crippen molar-refractivity contribution in [2.45, 2.75) is 23.3 Å². The standard InChI is InChI=1S/C10H8Cl2N2O2S/c11-7-2-1-3-8(9(7)12)17(15,16)14-10(6-13)4-5-10/h1-3,14H,4-5H2. The Kier molecular flexibility index (Phi) is 3.08. The van der Waals surface area contributed by atoms with Crippen LogP contribution in [0.15, 0.2) is 23.1 Å². The van der Waals surface area contributed by atoms with Crippen molar-refractivity contribution in [3.63, 3.8) is 0 Å². The summed E-state index contributed by atoms with van der Waals surface area (Å²) >= 11 is 11.6. The lowest BCUT2D eigenvalue weighted by Crippen LogP contribution is -2.35. The molecule has 7 heteroatoms. The molecular weight excluding hydrogens is 283 g/mol. The lowest BCUT2D eigenvalue weighted by Gasteiger charge is -2.11. The maximum atomic E-state index is 12.0. The van der Waals surface area contributed by atoms with Crippen LogP contribution in [0.5, 0.6) is 0 Å². The van der Waals surface area contributed by atoms with E-state index >= 15 is 0 Å². The van der Waals surface area contributed by atoms with Crippen LogP contribution in [0, 0.1) is 11.3 Å². The van der Waals surface area contributed by atoms with Crippen LogP contribution in [0.25, 0.3) is 0 Å². The summed E-state index contributed by atoms with van der Waals surface area (Å²) in [6, 6.07) is 6.29. The average molecular weight is 291 g/mol. The molecular formula is C10H8Cl2N2O2S. The Morgan fingerprint density at radius 3 is 2.53 bits per heavy atom. The molecule has 1 fully saturated rings. The monoisotopic (exact) mass is 290 g/mol. The molecule has 0 saturated heterocycles. The zero-order chi connectivity index (χ0) is 12.7. The minimum atomic E-state index is -3.81. The molecule has 1 aliphatic rings. The Bertz CT molecular complexity index is 603. The van der Waals surface area contributed by atoms with E-state index < -0.39 is 15.6 Å². The maximum Gasteiger partial charge on any atom is 0.243 e. The number of sulfonamides is 1. The molecule has 1 aromatic rings. The van der Waals surface area contributed by atoms with Gasteiger partial charge in [0.1, 0.15) is 10.4 Å². The first kappa shape index (κ1) is 12.7. The van der Waals surface area contributed by atoms with Crippen LogP contribution < -0.4 is 4.72 Å². The van der Waals surface area contributed by atoms with Gasteiger partial charge in [0.25, 0.3) is 0 Å². The number of benzene rings is 1.